The number of piperidine rings is 1. The molecule has 0 spiro atoms. The van der Waals surface area contributed by atoms with Crippen LogP contribution in [0.25, 0.3) is 0 Å². The summed E-state index contributed by atoms with van der Waals surface area (Å²) in [5, 5.41) is 8.74. The summed E-state index contributed by atoms with van der Waals surface area (Å²) < 4.78 is 5.73. The summed E-state index contributed by atoms with van der Waals surface area (Å²) in [5.74, 6) is 0.856. The van der Waals surface area contributed by atoms with Gasteiger partial charge in [-0.05, 0) is 56.5 Å². The molecule has 0 amide bonds. The molecule has 0 radical (unpaired) electrons. The minimum absolute atomic E-state index is 0.677. The standard InChI is InChI=1S/C17H24N2O/c1-2-16-6-3-4-11-19(16)12-5-13-20-17-9-7-15(14-18)8-10-17/h7-10,16H,2-6,11-13H2,1H3. The van der Waals surface area contributed by atoms with E-state index in [1.54, 1.807) is 12.1 Å². The highest BCUT2D eigenvalue weighted by Crippen LogP contribution is 2.19. The average molecular weight is 272 g/mol. The van der Waals surface area contributed by atoms with Gasteiger partial charge < -0.3 is 9.64 Å². The second-order valence-corrected chi connectivity index (χ2v) is 5.43. The third kappa shape index (κ3) is 4.25. The molecule has 108 valence electrons. The molecule has 3 heteroatoms. The van der Waals surface area contributed by atoms with E-state index in [1.165, 1.54) is 32.2 Å². The normalized spacial score (nSPS) is 19.5. The molecule has 1 fully saturated rings. The first kappa shape index (κ1) is 14.9. The maximum Gasteiger partial charge on any atom is 0.119 e. The van der Waals surface area contributed by atoms with Gasteiger partial charge in [0.1, 0.15) is 5.75 Å². The van der Waals surface area contributed by atoms with Crippen LogP contribution in [0.5, 0.6) is 5.75 Å². The number of benzene rings is 1. The zero-order valence-corrected chi connectivity index (χ0v) is 12.3. The van der Waals surface area contributed by atoms with Gasteiger partial charge in [0.2, 0.25) is 0 Å². The monoisotopic (exact) mass is 272 g/mol. The molecule has 1 aliphatic heterocycles. The summed E-state index contributed by atoms with van der Waals surface area (Å²) in [5.41, 5.74) is 0.677. The smallest absolute Gasteiger partial charge is 0.119 e. The molecule has 1 unspecified atom stereocenters. The molecule has 3 nitrogen and oxygen atoms in total. The van der Waals surface area contributed by atoms with Gasteiger partial charge in [-0.3, -0.25) is 0 Å². The van der Waals surface area contributed by atoms with Crippen LogP contribution in [-0.4, -0.2) is 30.6 Å². The Morgan fingerprint density at radius 2 is 2.10 bits per heavy atom. The van der Waals surface area contributed by atoms with Crippen molar-refractivity contribution in [3.8, 4) is 11.8 Å². The first-order chi connectivity index (χ1) is 9.83. The van der Waals surface area contributed by atoms with Crippen molar-refractivity contribution in [3.05, 3.63) is 29.8 Å². The van der Waals surface area contributed by atoms with Crippen molar-refractivity contribution in [1.29, 1.82) is 5.26 Å². The second kappa shape index (κ2) is 7.91. The summed E-state index contributed by atoms with van der Waals surface area (Å²) >= 11 is 0. The molecule has 1 saturated heterocycles. The van der Waals surface area contributed by atoms with Crippen LogP contribution < -0.4 is 4.74 Å². The highest BCUT2D eigenvalue weighted by atomic mass is 16.5. The highest BCUT2D eigenvalue weighted by Gasteiger charge is 2.19. The summed E-state index contributed by atoms with van der Waals surface area (Å²) in [6, 6.07) is 10.2. The fraction of sp³-hybridized carbons (Fsp3) is 0.588. The van der Waals surface area contributed by atoms with Gasteiger partial charge in [0.05, 0.1) is 18.2 Å². The average Bonchev–Trinajstić information content (AvgIpc) is 2.52. The van der Waals surface area contributed by atoms with E-state index in [1.807, 2.05) is 12.1 Å². The summed E-state index contributed by atoms with van der Waals surface area (Å²) in [6.07, 6.45) is 6.41. The second-order valence-electron chi connectivity index (χ2n) is 5.43. The quantitative estimate of drug-likeness (QED) is 0.742. The Hall–Kier alpha value is -1.53. The maximum absolute atomic E-state index is 8.74. The van der Waals surface area contributed by atoms with Gasteiger partial charge in [-0.1, -0.05) is 13.3 Å². The fourth-order valence-corrected chi connectivity index (χ4v) is 2.90. The Balaban J connectivity index is 1.69. The molecule has 1 aliphatic rings. The molecule has 1 aromatic carbocycles. The number of likely N-dealkylation sites (tertiary alicyclic amines) is 1. The van der Waals surface area contributed by atoms with Gasteiger partial charge in [0.15, 0.2) is 0 Å². The van der Waals surface area contributed by atoms with E-state index in [-0.39, 0.29) is 0 Å². The lowest BCUT2D eigenvalue weighted by atomic mass is 10.00. The summed E-state index contributed by atoms with van der Waals surface area (Å²) in [4.78, 5) is 2.62. The van der Waals surface area contributed by atoms with E-state index < -0.39 is 0 Å². The Morgan fingerprint density at radius 3 is 2.80 bits per heavy atom. The van der Waals surface area contributed by atoms with Crippen LogP contribution >= 0.6 is 0 Å². The first-order valence-corrected chi connectivity index (χ1v) is 7.70. The van der Waals surface area contributed by atoms with E-state index in [4.69, 9.17) is 10.00 Å². The molecule has 0 N–H and O–H groups in total. The van der Waals surface area contributed by atoms with Crippen molar-refractivity contribution < 1.29 is 4.74 Å². The Kier molecular flexibility index (Phi) is 5.88. The van der Waals surface area contributed by atoms with E-state index >= 15 is 0 Å². The summed E-state index contributed by atoms with van der Waals surface area (Å²) in [7, 11) is 0. The third-order valence-electron chi connectivity index (χ3n) is 4.06. The van der Waals surface area contributed by atoms with Crippen molar-refractivity contribution in [2.24, 2.45) is 0 Å². The SMILES string of the molecule is CCC1CCCCN1CCCOc1ccc(C#N)cc1. The van der Waals surface area contributed by atoms with E-state index in [9.17, 15) is 0 Å². The first-order valence-electron chi connectivity index (χ1n) is 7.70. The number of hydrogen-bond donors (Lipinski definition) is 0. The minimum Gasteiger partial charge on any atom is -0.494 e. The predicted molar refractivity (Wildman–Crippen MR) is 80.8 cm³/mol. The van der Waals surface area contributed by atoms with Gasteiger partial charge in [0.25, 0.3) is 0 Å². The topological polar surface area (TPSA) is 36.3 Å². The van der Waals surface area contributed by atoms with Gasteiger partial charge in [-0.15, -0.1) is 0 Å². The van der Waals surface area contributed by atoms with Crippen molar-refractivity contribution in [2.75, 3.05) is 19.7 Å². The van der Waals surface area contributed by atoms with Crippen LogP contribution in [0.15, 0.2) is 24.3 Å². The molecule has 1 aromatic rings. The number of nitriles is 1. The Bertz CT molecular complexity index is 435. The Labute approximate surface area is 122 Å². The minimum atomic E-state index is 0.677. The van der Waals surface area contributed by atoms with Crippen LogP contribution in [0, 0.1) is 11.3 Å². The zero-order valence-electron chi connectivity index (χ0n) is 12.3. The molecule has 0 aliphatic carbocycles. The number of nitrogens with zero attached hydrogens (tertiary/aromatic N) is 2. The molecule has 1 heterocycles. The van der Waals surface area contributed by atoms with Crippen molar-refractivity contribution in [2.45, 2.75) is 45.1 Å². The van der Waals surface area contributed by atoms with Gasteiger partial charge in [-0.2, -0.15) is 5.26 Å². The lowest BCUT2D eigenvalue weighted by molar-refractivity contribution is 0.134. The third-order valence-corrected chi connectivity index (χ3v) is 4.06. The highest BCUT2D eigenvalue weighted by molar-refractivity contribution is 5.34. The zero-order chi connectivity index (χ0) is 14.2. The van der Waals surface area contributed by atoms with Crippen LogP contribution in [0.3, 0.4) is 0 Å². The van der Waals surface area contributed by atoms with Crippen molar-refractivity contribution in [3.63, 3.8) is 0 Å². The molecule has 20 heavy (non-hydrogen) atoms. The molecule has 1 atom stereocenters. The maximum atomic E-state index is 8.74. The molecule has 2 rings (SSSR count). The molecule has 0 bridgehead atoms. The van der Waals surface area contributed by atoms with Crippen LogP contribution in [0.2, 0.25) is 0 Å². The fourth-order valence-electron chi connectivity index (χ4n) is 2.90. The summed E-state index contributed by atoms with van der Waals surface area (Å²) in [6.45, 7) is 5.42. The number of hydrogen-bond acceptors (Lipinski definition) is 3. The lowest BCUT2D eigenvalue weighted by Crippen LogP contribution is -2.40. The van der Waals surface area contributed by atoms with Gasteiger partial charge in [-0.25, -0.2) is 0 Å². The number of rotatable bonds is 6. The van der Waals surface area contributed by atoms with E-state index in [0.29, 0.717) is 5.56 Å². The molecule has 0 saturated carbocycles. The van der Waals surface area contributed by atoms with Gasteiger partial charge in [0, 0.05) is 12.6 Å². The molecular formula is C17H24N2O. The Morgan fingerprint density at radius 1 is 1.30 bits per heavy atom. The van der Waals surface area contributed by atoms with Crippen molar-refractivity contribution in [1.82, 2.24) is 4.90 Å². The van der Waals surface area contributed by atoms with Crippen LogP contribution in [-0.2, 0) is 0 Å². The van der Waals surface area contributed by atoms with E-state index in [2.05, 4.69) is 17.9 Å². The molecular weight excluding hydrogens is 248 g/mol. The largest absolute Gasteiger partial charge is 0.494 e. The van der Waals surface area contributed by atoms with Crippen molar-refractivity contribution >= 4 is 0 Å². The predicted octanol–water partition coefficient (Wildman–Crippen LogP) is 3.59. The van der Waals surface area contributed by atoms with Crippen LogP contribution in [0.1, 0.15) is 44.6 Å². The van der Waals surface area contributed by atoms with Crippen LogP contribution in [0.4, 0.5) is 0 Å². The van der Waals surface area contributed by atoms with Gasteiger partial charge >= 0.3 is 0 Å². The number of ether oxygens (including phenoxy) is 1. The molecule has 0 aromatic heterocycles. The lowest BCUT2D eigenvalue weighted by Gasteiger charge is -2.35. The van der Waals surface area contributed by atoms with E-state index in [0.717, 1.165) is 31.4 Å².